The molecule has 2 aromatic rings. The number of carbonyl (C=O) groups is 1. The standard InChI is InChI=1S/C13H14N4O2/c18-11(9-5-2-1-3-6-9)15-13-17-16-12(19-13)10-7-4-8-14-10/h1-3,5-6,10,14H,4,7-8H2,(H,15,17,18). The normalized spacial score (nSPS) is 18.4. The van der Waals surface area contributed by atoms with Crippen molar-refractivity contribution in [2.24, 2.45) is 0 Å². The summed E-state index contributed by atoms with van der Waals surface area (Å²) in [6.45, 7) is 0.957. The average molecular weight is 258 g/mol. The van der Waals surface area contributed by atoms with Crippen molar-refractivity contribution in [3.8, 4) is 0 Å². The van der Waals surface area contributed by atoms with Gasteiger partial charge in [0.2, 0.25) is 5.89 Å². The molecule has 1 aliphatic rings. The Kier molecular flexibility index (Phi) is 3.24. The first kappa shape index (κ1) is 11.9. The van der Waals surface area contributed by atoms with E-state index in [0.29, 0.717) is 11.5 Å². The summed E-state index contributed by atoms with van der Waals surface area (Å²) in [4.78, 5) is 11.9. The van der Waals surface area contributed by atoms with Crippen LogP contribution in [0, 0.1) is 0 Å². The second kappa shape index (κ2) is 5.19. The third-order valence-corrected chi connectivity index (χ3v) is 3.06. The van der Waals surface area contributed by atoms with E-state index in [4.69, 9.17) is 4.42 Å². The molecule has 0 bridgehead atoms. The van der Waals surface area contributed by atoms with Crippen LogP contribution in [0.1, 0.15) is 35.1 Å². The van der Waals surface area contributed by atoms with Crippen LogP contribution in [0.5, 0.6) is 0 Å². The molecule has 19 heavy (non-hydrogen) atoms. The molecule has 0 aliphatic carbocycles. The fraction of sp³-hybridized carbons (Fsp3) is 0.308. The molecule has 6 nitrogen and oxygen atoms in total. The number of hydrogen-bond acceptors (Lipinski definition) is 5. The van der Waals surface area contributed by atoms with Crippen LogP contribution in [-0.4, -0.2) is 22.6 Å². The lowest BCUT2D eigenvalue weighted by atomic mass is 10.2. The van der Waals surface area contributed by atoms with Crippen LogP contribution in [-0.2, 0) is 0 Å². The maximum atomic E-state index is 11.9. The Morgan fingerprint density at radius 1 is 1.32 bits per heavy atom. The molecule has 1 atom stereocenters. The summed E-state index contributed by atoms with van der Waals surface area (Å²) in [7, 11) is 0. The van der Waals surface area contributed by atoms with E-state index >= 15 is 0 Å². The molecule has 1 fully saturated rings. The maximum Gasteiger partial charge on any atom is 0.322 e. The van der Waals surface area contributed by atoms with Gasteiger partial charge in [-0.1, -0.05) is 23.3 Å². The topological polar surface area (TPSA) is 80.0 Å². The predicted octanol–water partition coefficient (Wildman–Crippen LogP) is 1.75. The van der Waals surface area contributed by atoms with Gasteiger partial charge in [0.15, 0.2) is 0 Å². The minimum Gasteiger partial charge on any atom is -0.406 e. The van der Waals surface area contributed by atoms with E-state index < -0.39 is 0 Å². The van der Waals surface area contributed by atoms with Gasteiger partial charge in [-0.25, -0.2) is 0 Å². The third kappa shape index (κ3) is 2.63. The molecule has 2 heterocycles. The lowest BCUT2D eigenvalue weighted by Gasteiger charge is -2.02. The number of hydrogen-bond donors (Lipinski definition) is 2. The number of rotatable bonds is 3. The number of anilines is 1. The van der Waals surface area contributed by atoms with E-state index in [1.807, 2.05) is 6.07 Å². The first-order valence-electron chi connectivity index (χ1n) is 6.26. The quantitative estimate of drug-likeness (QED) is 0.876. The molecule has 0 spiro atoms. The number of aromatic nitrogens is 2. The van der Waals surface area contributed by atoms with Crippen molar-refractivity contribution in [1.82, 2.24) is 15.5 Å². The first-order chi connectivity index (χ1) is 9.33. The molecule has 6 heteroatoms. The minimum atomic E-state index is -0.254. The SMILES string of the molecule is O=C(Nc1nnc(C2CCCN2)o1)c1ccccc1. The molecular formula is C13H14N4O2. The van der Waals surface area contributed by atoms with Crippen LogP contribution in [0.3, 0.4) is 0 Å². The molecule has 0 radical (unpaired) electrons. The van der Waals surface area contributed by atoms with Gasteiger partial charge in [-0.05, 0) is 31.5 Å². The van der Waals surface area contributed by atoms with E-state index in [2.05, 4.69) is 20.8 Å². The second-order valence-corrected chi connectivity index (χ2v) is 4.41. The number of nitrogens with zero attached hydrogens (tertiary/aromatic N) is 2. The van der Waals surface area contributed by atoms with Gasteiger partial charge in [0.05, 0.1) is 6.04 Å². The van der Waals surface area contributed by atoms with Gasteiger partial charge in [-0.15, -0.1) is 5.10 Å². The van der Waals surface area contributed by atoms with Gasteiger partial charge in [0.1, 0.15) is 0 Å². The van der Waals surface area contributed by atoms with Gasteiger partial charge < -0.3 is 9.73 Å². The van der Waals surface area contributed by atoms with Gasteiger partial charge in [-0.2, -0.15) is 0 Å². The van der Waals surface area contributed by atoms with Crippen molar-refractivity contribution in [2.45, 2.75) is 18.9 Å². The molecule has 1 aromatic carbocycles. The summed E-state index contributed by atoms with van der Waals surface area (Å²) < 4.78 is 5.44. The van der Waals surface area contributed by atoms with Crippen LogP contribution >= 0.6 is 0 Å². The summed E-state index contributed by atoms with van der Waals surface area (Å²) in [6, 6.07) is 9.16. The van der Waals surface area contributed by atoms with Crippen LogP contribution in [0.2, 0.25) is 0 Å². The van der Waals surface area contributed by atoms with E-state index in [-0.39, 0.29) is 18.0 Å². The van der Waals surface area contributed by atoms with Crippen molar-refractivity contribution < 1.29 is 9.21 Å². The van der Waals surface area contributed by atoms with Crippen molar-refractivity contribution in [3.05, 3.63) is 41.8 Å². The Bertz CT molecular complexity index is 561. The summed E-state index contributed by atoms with van der Waals surface area (Å²) in [5, 5.41) is 13.6. The van der Waals surface area contributed by atoms with Crippen LogP contribution in [0.4, 0.5) is 6.01 Å². The molecule has 98 valence electrons. The molecule has 1 aliphatic heterocycles. The highest BCUT2D eigenvalue weighted by Crippen LogP contribution is 2.22. The van der Waals surface area contributed by atoms with Crippen molar-refractivity contribution >= 4 is 11.9 Å². The highest BCUT2D eigenvalue weighted by atomic mass is 16.4. The molecule has 1 amide bonds. The average Bonchev–Trinajstić information content (AvgIpc) is 3.10. The van der Waals surface area contributed by atoms with Crippen LogP contribution < -0.4 is 10.6 Å². The maximum absolute atomic E-state index is 11.9. The lowest BCUT2D eigenvalue weighted by molar-refractivity contribution is 0.102. The molecule has 1 saturated heterocycles. The highest BCUT2D eigenvalue weighted by molar-refractivity contribution is 6.02. The smallest absolute Gasteiger partial charge is 0.322 e. The molecule has 1 unspecified atom stereocenters. The Hall–Kier alpha value is -2.21. The fourth-order valence-electron chi connectivity index (χ4n) is 2.08. The van der Waals surface area contributed by atoms with Crippen LogP contribution in [0.15, 0.2) is 34.7 Å². The van der Waals surface area contributed by atoms with Gasteiger partial charge in [0.25, 0.3) is 5.91 Å². The minimum absolute atomic E-state index is 0.106. The molecule has 2 N–H and O–H groups in total. The molecule has 0 saturated carbocycles. The van der Waals surface area contributed by atoms with Gasteiger partial charge >= 0.3 is 6.01 Å². The third-order valence-electron chi connectivity index (χ3n) is 3.06. The second-order valence-electron chi connectivity index (χ2n) is 4.41. The Morgan fingerprint density at radius 3 is 2.89 bits per heavy atom. The number of carbonyl (C=O) groups excluding carboxylic acids is 1. The monoisotopic (exact) mass is 258 g/mol. The van der Waals surface area contributed by atoms with Gasteiger partial charge in [-0.3, -0.25) is 10.1 Å². The van der Waals surface area contributed by atoms with Crippen LogP contribution in [0.25, 0.3) is 0 Å². The summed E-state index contributed by atoms with van der Waals surface area (Å²) in [5.74, 6) is 0.274. The van der Waals surface area contributed by atoms with Crippen molar-refractivity contribution in [2.75, 3.05) is 11.9 Å². The molecular weight excluding hydrogens is 244 g/mol. The van der Waals surface area contributed by atoms with E-state index in [1.54, 1.807) is 24.3 Å². The summed E-state index contributed by atoms with van der Waals surface area (Å²) >= 11 is 0. The number of benzene rings is 1. The summed E-state index contributed by atoms with van der Waals surface area (Å²) in [6.07, 6.45) is 2.08. The predicted molar refractivity (Wildman–Crippen MR) is 68.7 cm³/mol. The van der Waals surface area contributed by atoms with Gasteiger partial charge in [0, 0.05) is 5.56 Å². The number of amides is 1. The fourth-order valence-corrected chi connectivity index (χ4v) is 2.08. The largest absolute Gasteiger partial charge is 0.406 e. The Morgan fingerprint density at radius 2 is 2.16 bits per heavy atom. The Labute approximate surface area is 110 Å². The highest BCUT2D eigenvalue weighted by Gasteiger charge is 2.22. The van der Waals surface area contributed by atoms with Crippen molar-refractivity contribution in [1.29, 1.82) is 0 Å². The lowest BCUT2D eigenvalue weighted by Crippen LogP contribution is -2.13. The van der Waals surface area contributed by atoms with Crippen molar-refractivity contribution in [3.63, 3.8) is 0 Å². The zero-order chi connectivity index (χ0) is 13.1. The molecule has 1 aromatic heterocycles. The summed E-state index contributed by atoms with van der Waals surface area (Å²) in [5.41, 5.74) is 0.557. The zero-order valence-electron chi connectivity index (χ0n) is 10.3. The van der Waals surface area contributed by atoms with E-state index in [0.717, 1.165) is 19.4 Å². The first-order valence-corrected chi connectivity index (χ1v) is 6.26. The molecule has 3 rings (SSSR count). The van der Waals surface area contributed by atoms with E-state index in [9.17, 15) is 4.79 Å². The van der Waals surface area contributed by atoms with E-state index in [1.165, 1.54) is 0 Å². The zero-order valence-corrected chi connectivity index (χ0v) is 10.3. The Balaban J connectivity index is 1.68. The number of nitrogens with one attached hydrogen (secondary N) is 2.